The predicted molar refractivity (Wildman–Crippen MR) is 200 cm³/mol. The van der Waals surface area contributed by atoms with Crippen molar-refractivity contribution >= 4 is 11.7 Å². The Morgan fingerprint density at radius 2 is 1.50 bits per heavy atom. The lowest BCUT2D eigenvalue weighted by Gasteiger charge is -2.39. The number of carbonyl (C=O) groups is 1. The first-order valence-electron chi connectivity index (χ1n) is 17.3. The molecule has 1 fully saturated rings. The first-order valence-corrected chi connectivity index (χ1v) is 17.3. The van der Waals surface area contributed by atoms with Crippen LogP contribution in [0.2, 0.25) is 0 Å². The molecule has 0 spiro atoms. The maximum absolute atomic E-state index is 12.1. The number of carbonyl (C=O) groups excluding carboxylic acids is 1. The van der Waals surface area contributed by atoms with Gasteiger partial charge in [0.1, 0.15) is 24.7 Å². The number of benzene rings is 4. The molecule has 1 atom stereocenters. The van der Waals surface area contributed by atoms with Crippen molar-refractivity contribution in [2.75, 3.05) is 44.3 Å². The quantitative estimate of drug-likeness (QED) is 0.0870. The summed E-state index contributed by atoms with van der Waals surface area (Å²) in [6, 6.07) is 35.4. The number of nitrogens with zero attached hydrogens (tertiary/aromatic N) is 3. The van der Waals surface area contributed by atoms with Crippen LogP contribution in [-0.4, -0.2) is 55.2 Å². The Morgan fingerprint density at radius 3 is 2.20 bits per heavy atom. The van der Waals surface area contributed by atoms with Crippen LogP contribution in [0, 0.1) is 6.92 Å². The van der Waals surface area contributed by atoms with Gasteiger partial charge >= 0.3 is 5.97 Å². The molecule has 50 heavy (non-hydrogen) atoms. The van der Waals surface area contributed by atoms with Crippen molar-refractivity contribution in [3.05, 3.63) is 156 Å². The number of aromatic nitrogens is 1. The Hall–Kier alpha value is -5.40. The molecule has 1 aliphatic rings. The number of esters is 1. The lowest BCUT2D eigenvalue weighted by molar-refractivity contribution is 0.0549. The van der Waals surface area contributed by atoms with Crippen LogP contribution in [0.25, 0.3) is 11.1 Å². The third kappa shape index (κ3) is 9.18. The summed E-state index contributed by atoms with van der Waals surface area (Å²) in [6.07, 6.45) is 6.09. The normalized spacial score (nSPS) is 13.8. The number of hydrogen-bond donors (Lipinski definition) is 0. The lowest BCUT2D eigenvalue weighted by Crippen LogP contribution is -2.47. The summed E-state index contributed by atoms with van der Waals surface area (Å²) in [7, 11) is 0. The minimum atomic E-state index is -0.327. The van der Waals surface area contributed by atoms with Gasteiger partial charge in [-0.15, -0.1) is 0 Å². The Bertz CT molecular complexity index is 1830. The van der Waals surface area contributed by atoms with Crippen molar-refractivity contribution < 1.29 is 19.0 Å². The summed E-state index contributed by atoms with van der Waals surface area (Å²) in [5.41, 5.74) is 8.70. The monoisotopic (exact) mass is 667 g/mol. The van der Waals surface area contributed by atoms with E-state index in [2.05, 4.69) is 83.7 Å². The van der Waals surface area contributed by atoms with Crippen LogP contribution in [0.4, 0.5) is 5.69 Å². The van der Waals surface area contributed by atoms with E-state index < -0.39 is 0 Å². The van der Waals surface area contributed by atoms with E-state index in [4.69, 9.17) is 14.2 Å². The van der Waals surface area contributed by atoms with Crippen molar-refractivity contribution in [3.63, 3.8) is 0 Å². The molecule has 4 aromatic carbocycles. The maximum atomic E-state index is 12.1. The van der Waals surface area contributed by atoms with Crippen molar-refractivity contribution in [3.8, 4) is 22.6 Å². The summed E-state index contributed by atoms with van der Waals surface area (Å²) in [5.74, 6) is 1.27. The van der Waals surface area contributed by atoms with Gasteiger partial charge in [-0.1, -0.05) is 78.9 Å². The smallest absolute Gasteiger partial charge is 0.338 e. The van der Waals surface area contributed by atoms with Crippen LogP contribution in [0.1, 0.15) is 45.6 Å². The van der Waals surface area contributed by atoms with E-state index in [0.717, 1.165) is 66.5 Å². The molecule has 7 heteroatoms. The third-order valence-electron chi connectivity index (χ3n) is 9.21. The molecular weight excluding hydrogens is 622 g/mol. The van der Waals surface area contributed by atoms with Gasteiger partial charge in [0.15, 0.2) is 0 Å². The van der Waals surface area contributed by atoms with E-state index in [1.54, 1.807) is 12.3 Å². The molecule has 0 radical (unpaired) electrons. The van der Waals surface area contributed by atoms with Crippen LogP contribution < -0.4 is 14.4 Å². The van der Waals surface area contributed by atoms with Crippen LogP contribution >= 0.6 is 0 Å². The van der Waals surface area contributed by atoms with E-state index in [0.29, 0.717) is 24.8 Å². The van der Waals surface area contributed by atoms with Crippen molar-refractivity contribution in [2.24, 2.45) is 0 Å². The Kier molecular flexibility index (Phi) is 11.6. The van der Waals surface area contributed by atoms with Crippen LogP contribution in [0.15, 0.2) is 128 Å². The highest BCUT2D eigenvalue weighted by Crippen LogP contribution is 2.28. The molecule has 0 amide bonds. The van der Waals surface area contributed by atoms with E-state index >= 15 is 0 Å². The zero-order chi connectivity index (χ0) is 34.7. The van der Waals surface area contributed by atoms with Gasteiger partial charge in [0.25, 0.3) is 0 Å². The number of anilines is 1. The highest BCUT2D eigenvalue weighted by molar-refractivity contribution is 5.89. The van der Waals surface area contributed by atoms with Gasteiger partial charge in [0.2, 0.25) is 0 Å². The Balaban J connectivity index is 0.964. The van der Waals surface area contributed by atoms with Crippen molar-refractivity contribution in [1.82, 2.24) is 9.88 Å². The van der Waals surface area contributed by atoms with Crippen molar-refractivity contribution in [1.29, 1.82) is 0 Å². The molecule has 2 heterocycles. The van der Waals surface area contributed by atoms with Gasteiger partial charge in [0, 0.05) is 56.1 Å². The summed E-state index contributed by atoms with van der Waals surface area (Å²) in [6.45, 7) is 13.0. The Labute approximate surface area is 295 Å². The van der Waals surface area contributed by atoms with Gasteiger partial charge in [0.05, 0.1) is 18.4 Å². The minimum Gasteiger partial charge on any atom is -0.493 e. The predicted octanol–water partition coefficient (Wildman–Crippen LogP) is 8.48. The van der Waals surface area contributed by atoms with E-state index in [1.165, 1.54) is 16.7 Å². The fraction of sp³-hybridized carbons (Fsp3) is 0.256. The van der Waals surface area contributed by atoms with Crippen LogP contribution in [0.3, 0.4) is 0 Å². The average molecular weight is 668 g/mol. The average Bonchev–Trinajstić information content (AvgIpc) is 3.17. The second-order valence-corrected chi connectivity index (χ2v) is 12.7. The highest BCUT2D eigenvalue weighted by atomic mass is 16.5. The number of ether oxygens (including phenoxy) is 3. The molecule has 0 N–H and O–H groups in total. The maximum Gasteiger partial charge on any atom is 0.338 e. The summed E-state index contributed by atoms with van der Waals surface area (Å²) in [4.78, 5) is 21.4. The first kappa shape index (κ1) is 34.5. The molecule has 1 aliphatic heterocycles. The standard InChI is InChI=1S/C43H45N3O4/c1-4-26-49-43(47)38-15-17-40(18-16-38)46-24-22-45(23-25-46)33(3)36-11-13-37(14-12-36)39-28-42(30-44-29-39)50-31-35-9-19-41(20-10-35)48-27-21-34-7-5-32(2)6-8-34/h4-20,28-30,33H,1,21-27,31H2,2-3H3. The van der Waals surface area contributed by atoms with Gasteiger partial charge in [-0.3, -0.25) is 9.88 Å². The summed E-state index contributed by atoms with van der Waals surface area (Å²) in [5, 5.41) is 0. The first-order chi connectivity index (χ1) is 24.4. The lowest BCUT2D eigenvalue weighted by atomic mass is 10.0. The number of piperazine rings is 1. The molecule has 6 rings (SSSR count). The van der Waals surface area contributed by atoms with E-state index in [9.17, 15) is 4.79 Å². The molecule has 0 aliphatic carbocycles. The fourth-order valence-electron chi connectivity index (χ4n) is 6.10. The molecule has 5 aromatic rings. The number of pyridine rings is 1. The topological polar surface area (TPSA) is 64.1 Å². The van der Waals surface area contributed by atoms with Crippen molar-refractivity contribution in [2.45, 2.75) is 32.9 Å². The molecule has 256 valence electrons. The largest absolute Gasteiger partial charge is 0.493 e. The molecule has 1 unspecified atom stereocenters. The Morgan fingerprint density at radius 1 is 0.800 bits per heavy atom. The zero-order valence-electron chi connectivity index (χ0n) is 29.0. The second kappa shape index (κ2) is 16.8. The van der Waals surface area contributed by atoms with E-state index in [1.807, 2.05) is 60.8 Å². The highest BCUT2D eigenvalue weighted by Gasteiger charge is 2.22. The van der Waals surface area contributed by atoms with Gasteiger partial charge in [-0.2, -0.15) is 0 Å². The number of aryl methyl sites for hydroxylation is 1. The SMILES string of the molecule is C=CCOC(=O)c1ccc(N2CCN(C(C)c3ccc(-c4cncc(OCc5ccc(OCCc6ccc(C)cc6)cc5)c4)cc3)CC2)cc1. The van der Waals surface area contributed by atoms with E-state index in [-0.39, 0.29) is 12.6 Å². The van der Waals surface area contributed by atoms with Gasteiger partial charge < -0.3 is 19.1 Å². The molecular formula is C43H45N3O4. The minimum absolute atomic E-state index is 0.215. The molecule has 0 bridgehead atoms. The summed E-state index contributed by atoms with van der Waals surface area (Å²) < 4.78 is 17.2. The van der Waals surface area contributed by atoms with Crippen LogP contribution in [0.5, 0.6) is 11.5 Å². The number of rotatable bonds is 14. The number of hydrogen-bond acceptors (Lipinski definition) is 7. The summed E-state index contributed by atoms with van der Waals surface area (Å²) >= 11 is 0. The molecule has 0 saturated carbocycles. The molecule has 7 nitrogen and oxygen atoms in total. The van der Waals surface area contributed by atoms with Crippen LogP contribution in [-0.2, 0) is 17.8 Å². The van der Waals surface area contributed by atoms with Gasteiger partial charge in [-0.05, 0) is 78.6 Å². The third-order valence-corrected chi connectivity index (χ3v) is 9.21. The van der Waals surface area contributed by atoms with Gasteiger partial charge in [-0.25, -0.2) is 4.79 Å². The second-order valence-electron chi connectivity index (χ2n) is 12.7. The zero-order valence-corrected chi connectivity index (χ0v) is 29.0. The fourth-order valence-corrected chi connectivity index (χ4v) is 6.10. The molecule has 1 saturated heterocycles. The molecule has 1 aromatic heterocycles.